The minimum absolute atomic E-state index is 0.346. The first-order chi connectivity index (χ1) is 15.1. The summed E-state index contributed by atoms with van der Waals surface area (Å²) in [7, 11) is 0. The summed E-state index contributed by atoms with van der Waals surface area (Å²) < 4.78 is 28.8. The molecule has 162 valence electrons. The van der Waals surface area contributed by atoms with E-state index in [9.17, 15) is 8.78 Å². The summed E-state index contributed by atoms with van der Waals surface area (Å²) in [5, 5.41) is 5.43. The number of piperazine rings is 1. The van der Waals surface area contributed by atoms with Gasteiger partial charge in [0.15, 0.2) is 11.6 Å². The second-order valence-electron chi connectivity index (χ2n) is 8.43. The van der Waals surface area contributed by atoms with Gasteiger partial charge in [0.1, 0.15) is 0 Å². The second kappa shape index (κ2) is 8.60. The summed E-state index contributed by atoms with van der Waals surface area (Å²) in [6.07, 6.45) is 5.27. The number of anilines is 1. The fourth-order valence-electron chi connectivity index (χ4n) is 4.85. The Morgan fingerprint density at radius 3 is 2.32 bits per heavy atom. The number of benzene rings is 2. The van der Waals surface area contributed by atoms with Crippen molar-refractivity contribution in [2.24, 2.45) is 0 Å². The highest BCUT2D eigenvalue weighted by atomic mass is 35.5. The number of rotatable bonds is 4. The van der Waals surface area contributed by atoms with E-state index in [1.54, 1.807) is 6.07 Å². The topological polar surface area (TPSA) is 24.3 Å². The van der Waals surface area contributed by atoms with Crippen LogP contribution in [0.4, 0.5) is 14.5 Å². The van der Waals surface area contributed by atoms with Gasteiger partial charge in [-0.05, 0) is 67.8 Å². The van der Waals surface area contributed by atoms with E-state index in [1.807, 2.05) is 29.1 Å². The van der Waals surface area contributed by atoms with Crippen molar-refractivity contribution in [1.29, 1.82) is 0 Å². The molecule has 1 saturated carbocycles. The zero-order chi connectivity index (χ0) is 21.4. The van der Waals surface area contributed by atoms with E-state index in [1.165, 1.54) is 11.8 Å². The predicted octanol–water partition coefficient (Wildman–Crippen LogP) is 5.40. The van der Waals surface area contributed by atoms with Gasteiger partial charge in [-0.25, -0.2) is 8.78 Å². The number of aromatic nitrogens is 2. The van der Waals surface area contributed by atoms with Gasteiger partial charge in [0.2, 0.25) is 0 Å². The van der Waals surface area contributed by atoms with Gasteiger partial charge in [0.05, 0.1) is 11.7 Å². The number of hydrogen-bond acceptors (Lipinski definition) is 3. The van der Waals surface area contributed by atoms with Crippen molar-refractivity contribution in [3.63, 3.8) is 0 Å². The molecule has 2 fully saturated rings. The zero-order valence-electron chi connectivity index (χ0n) is 17.2. The van der Waals surface area contributed by atoms with Crippen molar-refractivity contribution in [1.82, 2.24) is 14.7 Å². The molecule has 0 spiro atoms. The third-order valence-electron chi connectivity index (χ3n) is 6.60. The molecule has 1 aromatic heterocycles. The predicted molar refractivity (Wildman–Crippen MR) is 119 cm³/mol. The zero-order valence-corrected chi connectivity index (χ0v) is 18.0. The molecule has 1 aliphatic carbocycles. The number of halogens is 3. The van der Waals surface area contributed by atoms with Crippen LogP contribution in [0.3, 0.4) is 0 Å². The summed E-state index contributed by atoms with van der Waals surface area (Å²) in [5.74, 6) is -1.68. The Hall–Kier alpha value is -2.44. The molecule has 31 heavy (non-hydrogen) atoms. The quantitative estimate of drug-likeness (QED) is 0.541. The Morgan fingerprint density at radius 1 is 0.839 bits per heavy atom. The first-order valence-corrected chi connectivity index (χ1v) is 11.2. The standard InChI is InChI=1S/C24H25ClF2N4/c25-18-2-4-19(5-3-18)29-11-13-30(14-12-29)20-6-7-21(16-20)31-10-9-24(28-31)17-1-8-22(26)23(27)15-17/h1-5,8-10,15,20-21H,6-7,11-14,16H2. The number of nitrogens with zero attached hydrogens (tertiary/aromatic N) is 4. The Kier molecular flexibility index (Phi) is 5.67. The fourth-order valence-corrected chi connectivity index (χ4v) is 4.98. The van der Waals surface area contributed by atoms with Gasteiger partial charge in [-0.3, -0.25) is 9.58 Å². The summed E-state index contributed by atoms with van der Waals surface area (Å²) in [5.41, 5.74) is 2.51. The van der Waals surface area contributed by atoms with E-state index in [-0.39, 0.29) is 0 Å². The molecule has 2 unspecified atom stereocenters. The van der Waals surface area contributed by atoms with E-state index in [4.69, 9.17) is 11.6 Å². The molecule has 2 aliphatic rings. The second-order valence-corrected chi connectivity index (χ2v) is 8.87. The van der Waals surface area contributed by atoms with Crippen LogP contribution in [0.1, 0.15) is 25.3 Å². The normalized spacial score (nSPS) is 22.2. The van der Waals surface area contributed by atoms with Gasteiger partial charge in [0, 0.05) is 54.7 Å². The minimum atomic E-state index is -0.842. The summed E-state index contributed by atoms with van der Waals surface area (Å²) in [6, 6.07) is 14.8. The van der Waals surface area contributed by atoms with Crippen molar-refractivity contribution < 1.29 is 8.78 Å². The molecule has 7 heteroatoms. The lowest BCUT2D eigenvalue weighted by Gasteiger charge is -2.39. The van der Waals surface area contributed by atoms with E-state index in [0.717, 1.165) is 56.5 Å². The van der Waals surface area contributed by atoms with E-state index >= 15 is 0 Å². The highest BCUT2D eigenvalue weighted by molar-refractivity contribution is 6.30. The SMILES string of the molecule is Fc1ccc(-c2ccn(C3CCC(N4CCN(c5ccc(Cl)cc5)CC4)C3)n2)cc1F. The van der Waals surface area contributed by atoms with Crippen LogP contribution in [0, 0.1) is 11.6 Å². The third kappa shape index (κ3) is 4.32. The Labute approximate surface area is 186 Å². The summed E-state index contributed by atoms with van der Waals surface area (Å²) >= 11 is 6.01. The van der Waals surface area contributed by atoms with Gasteiger partial charge >= 0.3 is 0 Å². The molecule has 2 atom stereocenters. The van der Waals surface area contributed by atoms with Gasteiger partial charge in [-0.15, -0.1) is 0 Å². The maximum atomic E-state index is 13.6. The van der Waals surface area contributed by atoms with Crippen LogP contribution in [-0.4, -0.2) is 46.9 Å². The fraction of sp³-hybridized carbons (Fsp3) is 0.375. The van der Waals surface area contributed by atoms with E-state index in [0.29, 0.717) is 23.3 Å². The van der Waals surface area contributed by atoms with Crippen LogP contribution in [0.2, 0.25) is 5.02 Å². The molecule has 1 saturated heterocycles. The van der Waals surface area contributed by atoms with Crippen molar-refractivity contribution in [2.75, 3.05) is 31.1 Å². The smallest absolute Gasteiger partial charge is 0.159 e. The molecule has 1 aliphatic heterocycles. The average molecular weight is 443 g/mol. The molecular weight excluding hydrogens is 418 g/mol. The maximum Gasteiger partial charge on any atom is 0.159 e. The van der Waals surface area contributed by atoms with Crippen molar-refractivity contribution in [3.8, 4) is 11.3 Å². The highest BCUT2D eigenvalue weighted by Crippen LogP contribution is 2.34. The van der Waals surface area contributed by atoms with E-state index in [2.05, 4.69) is 27.0 Å². The lowest BCUT2D eigenvalue weighted by Crippen LogP contribution is -2.49. The van der Waals surface area contributed by atoms with Crippen LogP contribution in [0.5, 0.6) is 0 Å². The van der Waals surface area contributed by atoms with Crippen LogP contribution < -0.4 is 4.90 Å². The summed E-state index contributed by atoms with van der Waals surface area (Å²) in [4.78, 5) is 5.02. The Bertz CT molecular complexity index is 1040. The minimum Gasteiger partial charge on any atom is -0.369 e. The molecule has 0 amide bonds. The van der Waals surface area contributed by atoms with Crippen LogP contribution in [-0.2, 0) is 0 Å². The van der Waals surface area contributed by atoms with Gasteiger partial charge in [0.25, 0.3) is 0 Å². The Morgan fingerprint density at radius 2 is 1.58 bits per heavy atom. The molecule has 3 aromatic rings. The van der Waals surface area contributed by atoms with Crippen molar-refractivity contribution >= 4 is 17.3 Å². The highest BCUT2D eigenvalue weighted by Gasteiger charge is 2.32. The lowest BCUT2D eigenvalue weighted by atomic mass is 10.1. The first-order valence-electron chi connectivity index (χ1n) is 10.8. The molecule has 0 N–H and O–H groups in total. The molecule has 4 nitrogen and oxygen atoms in total. The van der Waals surface area contributed by atoms with E-state index < -0.39 is 11.6 Å². The molecular formula is C24H25ClF2N4. The van der Waals surface area contributed by atoms with Crippen LogP contribution >= 0.6 is 11.6 Å². The molecule has 0 bridgehead atoms. The van der Waals surface area contributed by atoms with Gasteiger partial charge in [-0.1, -0.05) is 11.6 Å². The molecule has 2 aromatic carbocycles. The third-order valence-corrected chi connectivity index (χ3v) is 6.85. The van der Waals surface area contributed by atoms with Gasteiger partial charge in [-0.2, -0.15) is 5.10 Å². The Balaban J connectivity index is 1.19. The van der Waals surface area contributed by atoms with Crippen molar-refractivity contribution in [2.45, 2.75) is 31.3 Å². The first kappa shape index (κ1) is 20.5. The largest absolute Gasteiger partial charge is 0.369 e. The molecule has 2 heterocycles. The van der Waals surface area contributed by atoms with Crippen molar-refractivity contribution in [3.05, 3.63) is 71.4 Å². The monoisotopic (exact) mass is 442 g/mol. The average Bonchev–Trinajstić information content (AvgIpc) is 3.46. The molecule has 5 rings (SSSR count). The van der Waals surface area contributed by atoms with Gasteiger partial charge < -0.3 is 4.90 Å². The number of hydrogen-bond donors (Lipinski definition) is 0. The van der Waals surface area contributed by atoms with Crippen LogP contribution in [0.25, 0.3) is 11.3 Å². The van der Waals surface area contributed by atoms with Crippen LogP contribution in [0.15, 0.2) is 54.7 Å². The summed E-state index contributed by atoms with van der Waals surface area (Å²) in [6.45, 7) is 4.15. The molecule has 0 radical (unpaired) electrons. The lowest BCUT2D eigenvalue weighted by molar-refractivity contribution is 0.183. The maximum absolute atomic E-state index is 13.6.